The predicted molar refractivity (Wildman–Crippen MR) is 123 cm³/mol. The van der Waals surface area contributed by atoms with Gasteiger partial charge >= 0.3 is 0 Å². The molecular weight excluding hydrogens is 502 g/mol. The van der Waals surface area contributed by atoms with E-state index in [0.29, 0.717) is 11.5 Å². The lowest BCUT2D eigenvalue weighted by Gasteiger charge is -2.31. The molecule has 1 aliphatic heterocycles. The molecule has 11 heteroatoms. The molecule has 0 bridgehead atoms. The number of hydrogen-bond acceptors (Lipinski definition) is 6. The van der Waals surface area contributed by atoms with Gasteiger partial charge in [-0.25, -0.2) is 8.42 Å². The minimum Gasteiger partial charge on any atom is -0.454 e. The number of carbonyl (C=O) groups excluding carboxylic acids is 2. The SMILES string of the molecule is CNC(=O)[C@@H](C)N(Cc1cccc(Br)c1)C(=O)CN(c1ccc2c(c1)OCO2)S(C)(=O)=O. The molecule has 1 heterocycles. The monoisotopic (exact) mass is 525 g/mol. The van der Waals surface area contributed by atoms with Gasteiger partial charge in [0.15, 0.2) is 11.5 Å². The summed E-state index contributed by atoms with van der Waals surface area (Å²) in [6, 6.07) is 11.2. The van der Waals surface area contributed by atoms with E-state index >= 15 is 0 Å². The van der Waals surface area contributed by atoms with E-state index in [-0.39, 0.29) is 24.9 Å². The first-order chi connectivity index (χ1) is 15.1. The van der Waals surface area contributed by atoms with E-state index in [9.17, 15) is 18.0 Å². The molecule has 1 N–H and O–H groups in total. The van der Waals surface area contributed by atoms with Crippen LogP contribution in [-0.2, 0) is 26.2 Å². The van der Waals surface area contributed by atoms with Crippen molar-refractivity contribution in [3.05, 3.63) is 52.5 Å². The molecule has 0 aromatic heterocycles. The lowest BCUT2D eigenvalue weighted by Crippen LogP contribution is -2.50. The maximum atomic E-state index is 13.3. The summed E-state index contributed by atoms with van der Waals surface area (Å²) in [6.07, 6.45) is 1.02. The summed E-state index contributed by atoms with van der Waals surface area (Å²) in [4.78, 5) is 27.0. The van der Waals surface area contributed by atoms with Crippen molar-refractivity contribution in [3.63, 3.8) is 0 Å². The molecule has 2 aromatic rings. The van der Waals surface area contributed by atoms with Crippen LogP contribution in [0.5, 0.6) is 11.5 Å². The second kappa shape index (κ2) is 9.78. The highest BCUT2D eigenvalue weighted by atomic mass is 79.9. The summed E-state index contributed by atoms with van der Waals surface area (Å²) < 4.78 is 37.5. The van der Waals surface area contributed by atoms with E-state index in [2.05, 4.69) is 21.2 Å². The number of benzene rings is 2. The molecule has 0 radical (unpaired) electrons. The first-order valence-electron chi connectivity index (χ1n) is 9.73. The standard InChI is InChI=1S/C21H24BrN3O6S/c1-14(21(27)23-2)24(11-15-5-4-6-16(22)9-15)20(26)12-25(32(3,28)29)17-7-8-18-19(10-17)31-13-30-18/h4-10,14H,11-13H2,1-3H3,(H,23,27)/t14-/m1/s1. The minimum absolute atomic E-state index is 0.0423. The lowest BCUT2D eigenvalue weighted by atomic mass is 10.1. The highest BCUT2D eigenvalue weighted by Crippen LogP contribution is 2.36. The third-order valence-electron chi connectivity index (χ3n) is 4.98. The molecule has 0 aliphatic carbocycles. The van der Waals surface area contributed by atoms with Crippen LogP contribution in [0.15, 0.2) is 46.9 Å². The van der Waals surface area contributed by atoms with E-state index < -0.39 is 28.5 Å². The number of halogens is 1. The average molecular weight is 526 g/mol. The van der Waals surface area contributed by atoms with Gasteiger partial charge in [-0.3, -0.25) is 13.9 Å². The fraction of sp³-hybridized carbons (Fsp3) is 0.333. The normalized spacial score (nSPS) is 13.4. The Bertz CT molecular complexity index is 1120. The van der Waals surface area contributed by atoms with Crippen LogP contribution in [0.2, 0.25) is 0 Å². The second-order valence-electron chi connectivity index (χ2n) is 7.25. The maximum Gasteiger partial charge on any atom is 0.244 e. The Hall–Kier alpha value is -2.79. The topological polar surface area (TPSA) is 105 Å². The van der Waals surface area contributed by atoms with Gasteiger partial charge in [-0.15, -0.1) is 0 Å². The molecule has 0 fully saturated rings. The number of nitrogens with zero attached hydrogens (tertiary/aromatic N) is 2. The molecule has 0 unspecified atom stereocenters. The minimum atomic E-state index is -3.81. The largest absolute Gasteiger partial charge is 0.454 e. The van der Waals surface area contributed by atoms with Crippen LogP contribution >= 0.6 is 15.9 Å². The van der Waals surface area contributed by atoms with E-state index in [1.807, 2.05) is 24.3 Å². The van der Waals surface area contributed by atoms with Crippen molar-refractivity contribution >= 4 is 43.5 Å². The van der Waals surface area contributed by atoms with Crippen LogP contribution in [0.1, 0.15) is 12.5 Å². The van der Waals surface area contributed by atoms with E-state index in [1.54, 1.807) is 19.1 Å². The maximum absolute atomic E-state index is 13.3. The van der Waals surface area contributed by atoms with Crippen molar-refractivity contribution in [2.24, 2.45) is 0 Å². The second-order valence-corrected chi connectivity index (χ2v) is 10.1. The number of ether oxygens (including phenoxy) is 2. The number of sulfonamides is 1. The lowest BCUT2D eigenvalue weighted by molar-refractivity contribution is -0.139. The van der Waals surface area contributed by atoms with Crippen LogP contribution in [0.4, 0.5) is 5.69 Å². The zero-order chi connectivity index (χ0) is 23.5. The van der Waals surface area contributed by atoms with Gasteiger partial charge in [-0.05, 0) is 36.8 Å². The molecule has 2 aromatic carbocycles. The predicted octanol–water partition coefficient (Wildman–Crippen LogP) is 2.11. The van der Waals surface area contributed by atoms with Gasteiger partial charge in [0.25, 0.3) is 0 Å². The third-order valence-corrected chi connectivity index (χ3v) is 6.61. The van der Waals surface area contributed by atoms with Gasteiger partial charge in [-0.1, -0.05) is 28.1 Å². The number of likely N-dealkylation sites (N-methyl/N-ethyl adjacent to an activating group) is 1. The molecular formula is C21H24BrN3O6S. The fourth-order valence-corrected chi connectivity index (χ4v) is 4.57. The molecule has 9 nitrogen and oxygen atoms in total. The quantitative estimate of drug-likeness (QED) is 0.565. The molecule has 0 spiro atoms. The van der Waals surface area contributed by atoms with Crippen LogP contribution in [0.3, 0.4) is 0 Å². The summed E-state index contributed by atoms with van der Waals surface area (Å²) in [6.45, 7) is 1.29. The van der Waals surface area contributed by atoms with Crippen molar-refractivity contribution in [2.45, 2.75) is 19.5 Å². The summed E-state index contributed by atoms with van der Waals surface area (Å²) in [5.74, 6) is 0.0119. The van der Waals surface area contributed by atoms with Crippen molar-refractivity contribution in [1.82, 2.24) is 10.2 Å². The average Bonchev–Trinajstić information content (AvgIpc) is 3.21. The molecule has 3 rings (SSSR count). The van der Waals surface area contributed by atoms with Crippen molar-refractivity contribution in [2.75, 3.05) is 30.9 Å². The number of rotatable bonds is 8. The molecule has 32 heavy (non-hydrogen) atoms. The van der Waals surface area contributed by atoms with Gasteiger partial charge in [-0.2, -0.15) is 0 Å². The molecule has 1 aliphatic rings. The molecule has 1 atom stereocenters. The number of nitrogens with one attached hydrogen (secondary N) is 1. The first-order valence-corrected chi connectivity index (χ1v) is 12.4. The summed E-state index contributed by atoms with van der Waals surface area (Å²) in [7, 11) is -2.33. The Kier molecular flexibility index (Phi) is 7.29. The Balaban J connectivity index is 1.91. The third kappa shape index (κ3) is 5.52. The highest BCUT2D eigenvalue weighted by molar-refractivity contribution is 9.10. The van der Waals surface area contributed by atoms with Crippen LogP contribution in [0.25, 0.3) is 0 Å². The summed E-state index contributed by atoms with van der Waals surface area (Å²) >= 11 is 3.40. The van der Waals surface area contributed by atoms with Crippen LogP contribution in [-0.4, -0.2) is 57.8 Å². The number of hydrogen-bond donors (Lipinski definition) is 1. The van der Waals surface area contributed by atoms with Crippen molar-refractivity contribution in [1.29, 1.82) is 0 Å². The molecule has 2 amide bonds. The zero-order valence-corrected chi connectivity index (χ0v) is 20.3. The van der Waals surface area contributed by atoms with Crippen LogP contribution in [0, 0.1) is 0 Å². The Morgan fingerprint density at radius 1 is 1.16 bits per heavy atom. The van der Waals surface area contributed by atoms with E-state index in [4.69, 9.17) is 9.47 Å². The zero-order valence-electron chi connectivity index (χ0n) is 17.9. The highest BCUT2D eigenvalue weighted by Gasteiger charge is 2.30. The molecule has 172 valence electrons. The van der Waals surface area contributed by atoms with E-state index in [0.717, 1.165) is 20.6 Å². The van der Waals surface area contributed by atoms with Gasteiger partial charge in [0.2, 0.25) is 28.6 Å². The number of carbonyl (C=O) groups is 2. The first kappa shape index (κ1) is 23.9. The van der Waals surface area contributed by atoms with Crippen LogP contribution < -0.4 is 19.1 Å². The number of anilines is 1. The smallest absolute Gasteiger partial charge is 0.244 e. The Labute approximate surface area is 195 Å². The molecule has 0 saturated heterocycles. The van der Waals surface area contributed by atoms with E-state index in [1.165, 1.54) is 18.0 Å². The summed E-state index contributed by atoms with van der Waals surface area (Å²) in [5, 5.41) is 2.54. The van der Waals surface area contributed by atoms with Gasteiger partial charge in [0.05, 0.1) is 11.9 Å². The summed E-state index contributed by atoms with van der Waals surface area (Å²) in [5.41, 5.74) is 1.05. The van der Waals surface area contributed by atoms with Gasteiger partial charge in [0.1, 0.15) is 12.6 Å². The number of fused-ring (bicyclic) bond motifs is 1. The van der Waals surface area contributed by atoms with Gasteiger partial charge in [0, 0.05) is 24.1 Å². The Morgan fingerprint density at radius 2 is 1.88 bits per heavy atom. The molecule has 0 saturated carbocycles. The Morgan fingerprint density at radius 3 is 2.53 bits per heavy atom. The van der Waals surface area contributed by atoms with Crippen molar-refractivity contribution < 1.29 is 27.5 Å². The fourth-order valence-electron chi connectivity index (χ4n) is 3.28. The number of amides is 2. The van der Waals surface area contributed by atoms with Gasteiger partial charge < -0.3 is 19.7 Å². The van der Waals surface area contributed by atoms with Crippen molar-refractivity contribution in [3.8, 4) is 11.5 Å².